The summed E-state index contributed by atoms with van der Waals surface area (Å²) in [5.74, 6) is 0. The van der Waals surface area contributed by atoms with Gasteiger partial charge in [-0.1, -0.05) is 0 Å². The van der Waals surface area contributed by atoms with Gasteiger partial charge in [0.1, 0.15) is 0 Å². The molecule has 0 aromatic carbocycles. The SMILES string of the molecule is CNCC(C)N(CCOC)C1CC1. The summed E-state index contributed by atoms with van der Waals surface area (Å²) in [4.78, 5) is 2.56. The molecule has 0 saturated heterocycles. The van der Waals surface area contributed by atoms with Crippen LogP contribution in [0.15, 0.2) is 0 Å². The second-order valence-corrected chi connectivity index (χ2v) is 3.87. The first kappa shape index (κ1) is 11.0. The zero-order valence-electron chi connectivity index (χ0n) is 9.05. The van der Waals surface area contributed by atoms with Crippen molar-refractivity contribution in [1.82, 2.24) is 10.2 Å². The van der Waals surface area contributed by atoms with E-state index in [1.165, 1.54) is 12.8 Å². The second-order valence-electron chi connectivity index (χ2n) is 3.87. The zero-order chi connectivity index (χ0) is 9.68. The molecule has 1 fully saturated rings. The maximum absolute atomic E-state index is 5.12. The summed E-state index contributed by atoms with van der Waals surface area (Å²) in [5, 5.41) is 3.22. The van der Waals surface area contributed by atoms with Gasteiger partial charge in [0.25, 0.3) is 0 Å². The van der Waals surface area contributed by atoms with Gasteiger partial charge in [0.15, 0.2) is 0 Å². The average molecular weight is 186 g/mol. The van der Waals surface area contributed by atoms with Crippen molar-refractivity contribution < 1.29 is 4.74 Å². The van der Waals surface area contributed by atoms with E-state index in [1.807, 2.05) is 7.05 Å². The summed E-state index contributed by atoms with van der Waals surface area (Å²) >= 11 is 0. The predicted octanol–water partition coefficient (Wildman–Crippen LogP) is 0.705. The molecule has 0 aromatic heterocycles. The Balaban J connectivity index is 2.27. The van der Waals surface area contributed by atoms with Crippen LogP contribution in [-0.2, 0) is 4.74 Å². The van der Waals surface area contributed by atoms with Crippen molar-refractivity contribution in [1.29, 1.82) is 0 Å². The molecule has 1 aliphatic carbocycles. The van der Waals surface area contributed by atoms with Crippen molar-refractivity contribution in [3.8, 4) is 0 Å². The van der Waals surface area contributed by atoms with Crippen LogP contribution in [0.1, 0.15) is 19.8 Å². The topological polar surface area (TPSA) is 24.5 Å². The van der Waals surface area contributed by atoms with Crippen LogP contribution in [0.2, 0.25) is 0 Å². The molecule has 13 heavy (non-hydrogen) atoms. The average Bonchev–Trinajstić information content (AvgIpc) is 2.89. The summed E-state index contributed by atoms with van der Waals surface area (Å²) in [5.41, 5.74) is 0. The van der Waals surface area contributed by atoms with Crippen molar-refractivity contribution in [2.45, 2.75) is 31.8 Å². The molecule has 3 heteroatoms. The number of ether oxygens (including phenoxy) is 1. The van der Waals surface area contributed by atoms with Crippen molar-refractivity contribution in [2.24, 2.45) is 0 Å². The van der Waals surface area contributed by atoms with Crippen LogP contribution in [0.25, 0.3) is 0 Å². The molecular formula is C10H22N2O. The molecule has 0 spiro atoms. The van der Waals surface area contributed by atoms with Gasteiger partial charge in [0.2, 0.25) is 0 Å². The summed E-state index contributed by atoms with van der Waals surface area (Å²) < 4.78 is 5.12. The third-order valence-corrected chi connectivity index (χ3v) is 2.64. The molecule has 3 nitrogen and oxygen atoms in total. The fraction of sp³-hybridized carbons (Fsp3) is 1.00. The van der Waals surface area contributed by atoms with E-state index in [4.69, 9.17) is 4.74 Å². The molecule has 0 radical (unpaired) electrons. The molecule has 0 aromatic rings. The number of hydrogen-bond donors (Lipinski definition) is 1. The van der Waals surface area contributed by atoms with Crippen LogP contribution < -0.4 is 5.32 Å². The minimum absolute atomic E-state index is 0.632. The Hall–Kier alpha value is -0.120. The lowest BCUT2D eigenvalue weighted by Crippen LogP contribution is -2.42. The van der Waals surface area contributed by atoms with Crippen LogP contribution in [-0.4, -0.2) is 50.8 Å². The maximum Gasteiger partial charge on any atom is 0.0589 e. The van der Waals surface area contributed by atoms with Gasteiger partial charge in [0, 0.05) is 32.3 Å². The molecule has 1 atom stereocenters. The Kier molecular flexibility index (Phi) is 4.70. The first-order valence-electron chi connectivity index (χ1n) is 5.19. The number of hydrogen-bond acceptors (Lipinski definition) is 3. The third kappa shape index (κ3) is 3.63. The second kappa shape index (κ2) is 5.58. The number of rotatable bonds is 7. The van der Waals surface area contributed by atoms with E-state index in [9.17, 15) is 0 Å². The Bertz CT molecular complexity index is 137. The minimum atomic E-state index is 0.632. The highest BCUT2D eigenvalue weighted by Crippen LogP contribution is 2.28. The molecule has 0 bridgehead atoms. The highest BCUT2D eigenvalue weighted by molar-refractivity contribution is 4.87. The monoisotopic (exact) mass is 186 g/mol. The molecule has 1 unspecified atom stereocenters. The minimum Gasteiger partial charge on any atom is -0.383 e. The molecule has 78 valence electrons. The fourth-order valence-corrected chi connectivity index (χ4v) is 1.78. The maximum atomic E-state index is 5.12. The first-order chi connectivity index (χ1) is 6.29. The third-order valence-electron chi connectivity index (χ3n) is 2.64. The molecule has 1 saturated carbocycles. The van der Waals surface area contributed by atoms with Crippen LogP contribution in [0, 0.1) is 0 Å². The zero-order valence-corrected chi connectivity index (χ0v) is 9.05. The molecule has 1 rings (SSSR count). The van der Waals surface area contributed by atoms with E-state index >= 15 is 0 Å². The number of methoxy groups -OCH3 is 1. The van der Waals surface area contributed by atoms with Gasteiger partial charge in [-0.15, -0.1) is 0 Å². The van der Waals surface area contributed by atoms with Crippen LogP contribution in [0.3, 0.4) is 0 Å². The summed E-state index contributed by atoms with van der Waals surface area (Å²) in [7, 11) is 3.78. The Morgan fingerprint density at radius 2 is 2.23 bits per heavy atom. The quantitative estimate of drug-likeness (QED) is 0.633. The van der Waals surface area contributed by atoms with Crippen LogP contribution in [0.5, 0.6) is 0 Å². The molecule has 0 amide bonds. The largest absolute Gasteiger partial charge is 0.383 e. The fourth-order valence-electron chi connectivity index (χ4n) is 1.78. The van der Waals surface area contributed by atoms with Gasteiger partial charge >= 0.3 is 0 Å². The van der Waals surface area contributed by atoms with E-state index in [1.54, 1.807) is 7.11 Å². The van der Waals surface area contributed by atoms with Gasteiger partial charge in [-0.25, -0.2) is 0 Å². The van der Waals surface area contributed by atoms with Crippen molar-refractivity contribution in [3.05, 3.63) is 0 Å². The number of nitrogens with one attached hydrogen (secondary N) is 1. The summed E-state index contributed by atoms with van der Waals surface area (Å²) in [6.45, 7) is 5.28. The van der Waals surface area contributed by atoms with Crippen LogP contribution in [0.4, 0.5) is 0 Å². The molecule has 0 aliphatic heterocycles. The van der Waals surface area contributed by atoms with E-state index in [-0.39, 0.29) is 0 Å². The van der Waals surface area contributed by atoms with Gasteiger partial charge in [-0.2, -0.15) is 0 Å². The lowest BCUT2D eigenvalue weighted by Gasteiger charge is -2.28. The number of nitrogens with zero attached hydrogens (tertiary/aromatic N) is 1. The first-order valence-corrected chi connectivity index (χ1v) is 5.19. The van der Waals surface area contributed by atoms with Gasteiger partial charge in [-0.05, 0) is 26.8 Å². The lowest BCUT2D eigenvalue weighted by molar-refractivity contribution is 0.119. The van der Waals surface area contributed by atoms with E-state index in [0.29, 0.717) is 6.04 Å². The van der Waals surface area contributed by atoms with E-state index < -0.39 is 0 Å². The predicted molar refractivity (Wildman–Crippen MR) is 55.0 cm³/mol. The van der Waals surface area contributed by atoms with Crippen LogP contribution >= 0.6 is 0 Å². The smallest absolute Gasteiger partial charge is 0.0589 e. The number of likely N-dealkylation sites (N-methyl/N-ethyl adjacent to an activating group) is 1. The Labute approximate surface area is 81.4 Å². The molecule has 1 N–H and O–H groups in total. The summed E-state index contributed by atoms with van der Waals surface area (Å²) in [6.07, 6.45) is 2.75. The van der Waals surface area contributed by atoms with Gasteiger partial charge in [-0.3, -0.25) is 4.90 Å². The standard InChI is InChI=1S/C10H22N2O/c1-9(8-11-2)12(6-7-13-3)10-4-5-10/h9-11H,4-8H2,1-3H3. The Morgan fingerprint density at radius 3 is 2.69 bits per heavy atom. The van der Waals surface area contributed by atoms with Crippen molar-refractivity contribution >= 4 is 0 Å². The van der Waals surface area contributed by atoms with Crippen molar-refractivity contribution in [3.63, 3.8) is 0 Å². The van der Waals surface area contributed by atoms with Gasteiger partial charge < -0.3 is 10.1 Å². The van der Waals surface area contributed by atoms with E-state index in [2.05, 4.69) is 17.1 Å². The van der Waals surface area contributed by atoms with Gasteiger partial charge in [0.05, 0.1) is 6.61 Å². The highest BCUT2D eigenvalue weighted by Gasteiger charge is 2.31. The molecule has 0 heterocycles. The highest BCUT2D eigenvalue weighted by atomic mass is 16.5. The molecule has 1 aliphatic rings. The Morgan fingerprint density at radius 1 is 1.54 bits per heavy atom. The normalized spacial score (nSPS) is 19.4. The summed E-state index contributed by atoms with van der Waals surface area (Å²) in [6, 6.07) is 1.46. The molecular weight excluding hydrogens is 164 g/mol. The lowest BCUT2D eigenvalue weighted by atomic mass is 10.2. The van der Waals surface area contributed by atoms with Crippen molar-refractivity contribution in [2.75, 3.05) is 33.9 Å². The van der Waals surface area contributed by atoms with E-state index in [0.717, 1.165) is 25.7 Å².